The molecule has 132 valence electrons. The van der Waals surface area contributed by atoms with Gasteiger partial charge in [0.25, 0.3) is 0 Å². The summed E-state index contributed by atoms with van der Waals surface area (Å²) < 4.78 is 5.44. The van der Waals surface area contributed by atoms with E-state index in [1.54, 1.807) is 18.0 Å². The highest BCUT2D eigenvalue weighted by molar-refractivity contribution is 8.00. The Kier molecular flexibility index (Phi) is 4.97. The topological polar surface area (TPSA) is 72.1 Å². The van der Waals surface area contributed by atoms with Gasteiger partial charge < -0.3 is 9.42 Å². The third-order valence-corrected chi connectivity index (χ3v) is 5.30. The predicted octanol–water partition coefficient (Wildman–Crippen LogP) is 3.59. The maximum atomic E-state index is 12.7. The fraction of sp³-hybridized carbons (Fsp3) is 0.263. The first-order chi connectivity index (χ1) is 12.8. The van der Waals surface area contributed by atoms with E-state index in [0.29, 0.717) is 23.2 Å². The van der Waals surface area contributed by atoms with Gasteiger partial charge in [0, 0.05) is 17.6 Å². The summed E-state index contributed by atoms with van der Waals surface area (Å²) in [5.74, 6) is 1.44. The van der Waals surface area contributed by atoms with Crippen LogP contribution < -0.4 is 0 Å². The van der Waals surface area contributed by atoms with Crippen LogP contribution >= 0.6 is 11.8 Å². The second-order valence-corrected chi connectivity index (χ2v) is 7.07. The largest absolute Gasteiger partial charge is 0.337 e. The molecule has 3 aromatic rings. The standard InChI is InChI=1S/C19H18N4O2S/c24-17(13-26-14-7-2-1-3-8-14)23-12-6-10-16(23)19-21-18(22-25-19)15-9-4-5-11-20-15/h1-5,7-9,11,16H,6,10,12-13H2. The quantitative estimate of drug-likeness (QED) is 0.643. The molecule has 4 rings (SSSR count). The first-order valence-corrected chi connectivity index (χ1v) is 9.52. The summed E-state index contributed by atoms with van der Waals surface area (Å²) in [6, 6.07) is 15.3. The van der Waals surface area contributed by atoms with E-state index >= 15 is 0 Å². The molecular weight excluding hydrogens is 348 g/mol. The Hall–Kier alpha value is -2.67. The molecular formula is C19H18N4O2S. The Morgan fingerprint density at radius 1 is 1.19 bits per heavy atom. The van der Waals surface area contributed by atoms with Gasteiger partial charge in [-0.25, -0.2) is 0 Å². The molecule has 1 aliphatic rings. The van der Waals surface area contributed by atoms with Crippen molar-refractivity contribution < 1.29 is 9.32 Å². The Bertz CT molecular complexity index is 870. The summed E-state index contributed by atoms with van der Waals surface area (Å²) in [6.45, 7) is 0.722. The number of nitrogens with zero attached hydrogens (tertiary/aromatic N) is 4. The molecule has 0 aliphatic carbocycles. The zero-order valence-electron chi connectivity index (χ0n) is 14.1. The number of hydrogen-bond acceptors (Lipinski definition) is 6. The number of amides is 1. The van der Waals surface area contributed by atoms with Crippen molar-refractivity contribution in [3.63, 3.8) is 0 Å². The molecule has 0 bridgehead atoms. The first kappa shape index (κ1) is 16.8. The highest BCUT2D eigenvalue weighted by atomic mass is 32.2. The first-order valence-electron chi connectivity index (χ1n) is 8.53. The number of pyridine rings is 1. The minimum atomic E-state index is -0.149. The summed E-state index contributed by atoms with van der Waals surface area (Å²) >= 11 is 1.55. The number of thioether (sulfide) groups is 1. The molecule has 3 heterocycles. The van der Waals surface area contributed by atoms with Crippen LogP contribution in [0.5, 0.6) is 0 Å². The second kappa shape index (κ2) is 7.70. The van der Waals surface area contributed by atoms with Gasteiger partial charge in [-0.3, -0.25) is 9.78 Å². The summed E-state index contributed by atoms with van der Waals surface area (Å²) in [5.41, 5.74) is 0.665. The number of benzene rings is 1. The van der Waals surface area contributed by atoms with Crippen molar-refractivity contribution in [3.05, 3.63) is 60.6 Å². The van der Waals surface area contributed by atoms with Crippen molar-refractivity contribution >= 4 is 17.7 Å². The maximum Gasteiger partial charge on any atom is 0.249 e. The second-order valence-electron chi connectivity index (χ2n) is 6.02. The van der Waals surface area contributed by atoms with Crippen LogP contribution in [0.15, 0.2) is 64.1 Å². The molecule has 1 atom stereocenters. The molecule has 1 aliphatic heterocycles. The SMILES string of the molecule is O=C(CSc1ccccc1)N1CCCC1c1nc(-c2ccccn2)no1. The molecule has 6 nitrogen and oxygen atoms in total. The van der Waals surface area contributed by atoms with Crippen LogP contribution in [-0.2, 0) is 4.79 Å². The van der Waals surface area contributed by atoms with Crippen LogP contribution in [0, 0.1) is 0 Å². The van der Waals surface area contributed by atoms with E-state index in [2.05, 4.69) is 15.1 Å². The monoisotopic (exact) mass is 366 g/mol. The Morgan fingerprint density at radius 2 is 2.04 bits per heavy atom. The zero-order chi connectivity index (χ0) is 17.8. The van der Waals surface area contributed by atoms with Crippen LogP contribution in [0.4, 0.5) is 0 Å². The zero-order valence-corrected chi connectivity index (χ0v) is 14.9. The van der Waals surface area contributed by atoms with Gasteiger partial charge in [-0.2, -0.15) is 4.98 Å². The maximum absolute atomic E-state index is 12.7. The Labute approximate surface area is 155 Å². The molecule has 1 amide bonds. The summed E-state index contributed by atoms with van der Waals surface area (Å²) in [5, 5.41) is 4.03. The van der Waals surface area contributed by atoms with Gasteiger partial charge >= 0.3 is 0 Å². The molecule has 1 aromatic carbocycles. The van der Waals surface area contributed by atoms with Crippen LogP contribution in [-0.4, -0.2) is 38.2 Å². The van der Waals surface area contributed by atoms with Crippen molar-refractivity contribution in [2.24, 2.45) is 0 Å². The van der Waals surface area contributed by atoms with Gasteiger partial charge in [-0.05, 0) is 37.1 Å². The predicted molar refractivity (Wildman–Crippen MR) is 98.4 cm³/mol. The number of carbonyl (C=O) groups excluding carboxylic acids is 1. The average molecular weight is 366 g/mol. The van der Waals surface area contributed by atoms with E-state index in [-0.39, 0.29) is 11.9 Å². The van der Waals surface area contributed by atoms with Crippen molar-refractivity contribution in [2.45, 2.75) is 23.8 Å². The molecule has 26 heavy (non-hydrogen) atoms. The highest BCUT2D eigenvalue weighted by Crippen LogP contribution is 2.32. The lowest BCUT2D eigenvalue weighted by Gasteiger charge is -2.21. The molecule has 0 saturated carbocycles. The fourth-order valence-electron chi connectivity index (χ4n) is 3.04. The van der Waals surface area contributed by atoms with E-state index in [0.717, 1.165) is 24.3 Å². The van der Waals surface area contributed by atoms with Crippen LogP contribution in [0.3, 0.4) is 0 Å². The molecule has 0 radical (unpaired) electrons. The lowest BCUT2D eigenvalue weighted by molar-refractivity contribution is -0.129. The van der Waals surface area contributed by atoms with E-state index < -0.39 is 0 Å². The van der Waals surface area contributed by atoms with E-state index in [9.17, 15) is 4.79 Å². The lowest BCUT2D eigenvalue weighted by atomic mass is 10.2. The molecule has 7 heteroatoms. The van der Waals surface area contributed by atoms with Gasteiger partial charge in [-0.15, -0.1) is 11.8 Å². The third-order valence-electron chi connectivity index (χ3n) is 4.30. The summed E-state index contributed by atoms with van der Waals surface area (Å²) in [4.78, 5) is 24.3. The molecule has 1 saturated heterocycles. The number of rotatable bonds is 5. The van der Waals surface area contributed by atoms with Crippen molar-refractivity contribution in [1.82, 2.24) is 20.0 Å². The smallest absolute Gasteiger partial charge is 0.249 e. The minimum absolute atomic E-state index is 0.0962. The van der Waals surface area contributed by atoms with Gasteiger partial charge in [0.15, 0.2) is 0 Å². The summed E-state index contributed by atoms with van der Waals surface area (Å²) in [7, 11) is 0. The van der Waals surface area contributed by atoms with Gasteiger partial charge in [0.2, 0.25) is 17.6 Å². The van der Waals surface area contributed by atoms with E-state index in [1.807, 2.05) is 53.4 Å². The van der Waals surface area contributed by atoms with Crippen LogP contribution in [0.1, 0.15) is 24.8 Å². The van der Waals surface area contributed by atoms with Crippen molar-refractivity contribution in [2.75, 3.05) is 12.3 Å². The normalized spacial score (nSPS) is 16.8. The Morgan fingerprint density at radius 3 is 2.85 bits per heavy atom. The molecule has 0 spiro atoms. The van der Waals surface area contributed by atoms with Crippen LogP contribution in [0.2, 0.25) is 0 Å². The van der Waals surface area contributed by atoms with Gasteiger partial charge in [-0.1, -0.05) is 29.4 Å². The van der Waals surface area contributed by atoms with Crippen molar-refractivity contribution in [3.8, 4) is 11.5 Å². The van der Waals surface area contributed by atoms with Crippen LogP contribution in [0.25, 0.3) is 11.5 Å². The third kappa shape index (κ3) is 3.62. The molecule has 0 N–H and O–H groups in total. The lowest BCUT2D eigenvalue weighted by Crippen LogP contribution is -2.32. The molecule has 1 fully saturated rings. The Balaban J connectivity index is 1.45. The summed E-state index contributed by atoms with van der Waals surface area (Å²) in [6.07, 6.45) is 3.47. The highest BCUT2D eigenvalue weighted by Gasteiger charge is 2.34. The average Bonchev–Trinajstić information content (AvgIpc) is 3.37. The molecule has 1 unspecified atom stereocenters. The minimum Gasteiger partial charge on any atom is -0.337 e. The molecule has 2 aromatic heterocycles. The van der Waals surface area contributed by atoms with Gasteiger partial charge in [0.05, 0.1) is 5.75 Å². The van der Waals surface area contributed by atoms with Crippen molar-refractivity contribution in [1.29, 1.82) is 0 Å². The number of aromatic nitrogens is 3. The van der Waals surface area contributed by atoms with Gasteiger partial charge in [0.1, 0.15) is 11.7 Å². The fourth-order valence-corrected chi connectivity index (χ4v) is 3.84. The number of likely N-dealkylation sites (tertiary alicyclic amines) is 1. The van der Waals surface area contributed by atoms with E-state index in [1.165, 1.54) is 0 Å². The van der Waals surface area contributed by atoms with E-state index in [4.69, 9.17) is 4.52 Å². The number of hydrogen-bond donors (Lipinski definition) is 0. The number of carbonyl (C=O) groups is 1.